The second kappa shape index (κ2) is 14.1. The molecule has 0 spiro atoms. The molecule has 14 nitrogen and oxygen atoms in total. The van der Waals surface area contributed by atoms with Crippen molar-refractivity contribution >= 4 is 11.8 Å². The van der Waals surface area contributed by atoms with Crippen molar-refractivity contribution in [2.24, 2.45) is 0 Å². The van der Waals surface area contributed by atoms with Crippen LogP contribution in [0.15, 0.2) is 67.1 Å². The first-order valence-electron chi connectivity index (χ1n) is 14.8. The molecule has 1 amide bonds. The topological polar surface area (TPSA) is 148 Å². The van der Waals surface area contributed by atoms with E-state index in [1.54, 1.807) is 26.4 Å². The number of rotatable bonds is 11. The molecule has 47 heavy (non-hydrogen) atoms. The number of nitrogens with one attached hydrogen (secondary N) is 1. The third-order valence-corrected chi connectivity index (χ3v) is 7.83. The number of aromatic nitrogens is 6. The van der Waals surface area contributed by atoms with Gasteiger partial charge in [-0.15, -0.1) is 15.0 Å². The van der Waals surface area contributed by atoms with Crippen molar-refractivity contribution in [1.29, 1.82) is 0 Å². The van der Waals surface area contributed by atoms with E-state index in [-0.39, 0.29) is 11.7 Å². The summed E-state index contributed by atoms with van der Waals surface area (Å²) >= 11 is 0. The van der Waals surface area contributed by atoms with Gasteiger partial charge in [0.15, 0.2) is 23.0 Å². The molecule has 1 aliphatic heterocycles. The standard InChI is InChI=1S/C33H34N8O6/c1-43-27-15-22-10-14-40(20-23(22)16-28(27)44-2)13-9-21-5-7-24(8-6-21)41-38-32(37-39-41)25-17-29(45-3)30(46-4)18-26(25)36-33(42)47-31-19-34-11-12-35-31/h5-8,11-12,15-19H,9-10,13-14,20H2,1-4H3,(H,36,42). The molecule has 0 atom stereocenters. The highest BCUT2D eigenvalue weighted by Gasteiger charge is 2.21. The monoisotopic (exact) mass is 638 g/mol. The van der Waals surface area contributed by atoms with Gasteiger partial charge >= 0.3 is 6.09 Å². The van der Waals surface area contributed by atoms with Gasteiger partial charge in [-0.1, -0.05) is 12.1 Å². The number of hydrogen-bond acceptors (Lipinski definition) is 12. The lowest BCUT2D eigenvalue weighted by Gasteiger charge is -2.29. The van der Waals surface area contributed by atoms with Gasteiger partial charge in [-0.2, -0.15) is 0 Å². The van der Waals surface area contributed by atoms with Gasteiger partial charge in [-0.25, -0.2) is 9.78 Å². The van der Waals surface area contributed by atoms with Gasteiger partial charge in [0.1, 0.15) is 0 Å². The first-order valence-corrected chi connectivity index (χ1v) is 14.8. The van der Waals surface area contributed by atoms with Crippen molar-refractivity contribution in [3.63, 3.8) is 0 Å². The van der Waals surface area contributed by atoms with Crippen molar-refractivity contribution in [1.82, 2.24) is 35.1 Å². The van der Waals surface area contributed by atoms with E-state index in [9.17, 15) is 4.79 Å². The number of benzene rings is 3. The number of carbonyl (C=O) groups is 1. The Kier molecular flexibility index (Phi) is 9.38. The lowest BCUT2D eigenvalue weighted by Crippen LogP contribution is -2.32. The highest BCUT2D eigenvalue weighted by Crippen LogP contribution is 2.38. The number of hydrogen-bond donors (Lipinski definition) is 1. The van der Waals surface area contributed by atoms with Crippen LogP contribution in [0.1, 0.15) is 16.7 Å². The van der Waals surface area contributed by atoms with Gasteiger partial charge in [-0.3, -0.25) is 15.2 Å². The minimum Gasteiger partial charge on any atom is -0.493 e. The number of fused-ring (bicyclic) bond motifs is 1. The SMILES string of the molecule is COc1cc2c(cc1OC)CN(CCc1ccc(-n3nnc(-c4cc(OC)c(OC)cc4NC(=O)Oc4cnccn4)n3)cc1)CC2. The number of amides is 1. The highest BCUT2D eigenvalue weighted by atomic mass is 16.6. The van der Waals surface area contributed by atoms with Crippen molar-refractivity contribution in [2.45, 2.75) is 19.4 Å². The fraction of sp³-hybridized carbons (Fsp3) is 0.273. The van der Waals surface area contributed by atoms with E-state index in [1.165, 1.54) is 54.3 Å². The largest absolute Gasteiger partial charge is 0.493 e. The zero-order valence-corrected chi connectivity index (χ0v) is 26.5. The highest BCUT2D eigenvalue weighted by molar-refractivity contribution is 5.92. The molecule has 2 aromatic heterocycles. The molecule has 0 fully saturated rings. The Hall–Kier alpha value is -5.76. The zero-order valence-electron chi connectivity index (χ0n) is 26.5. The van der Waals surface area contributed by atoms with Crippen LogP contribution in [0.5, 0.6) is 28.9 Å². The Balaban J connectivity index is 1.14. The van der Waals surface area contributed by atoms with Crippen molar-refractivity contribution in [2.75, 3.05) is 46.8 Å². The minimum absolute atomic E-state index is 0.0440. The molecule has 3 heterocycles. The summed E-state index contributed by atoms with van der Waals surface area (Å²) in [6, 6.07) is 15.5. The third-order valence-electron chi connectivity index (χ3n) is 7.83. The maximum absolute atomic E-state index is 12.7. The van der Waals surface area contributed by atoms with Crippen LogP contribution >= 0.6 is 0 Å². The minimum atomic E-state index is -0.782. The summed E-state index contributed by atoms with van der Waals surface area (Å²) in [4.78, 5) is 24.4. The van der Waals surface area contributed by atoms with Gasteiger partial charge in [0.25, 0.3) is 0 Å². The number of nitrogens with zero attached hydrogens (tertiary/aromatic N) is 7. The summed E-state index contributed by atoms with van der Waals surface area (Å²) in [5.74, 6) is 2.64. The predicted octanol–water partition coefficient (Wildman–Crippen LogP) is 4.37. The van der Waals surface area contributed by atoms with Crippen LogP contribution < -0.4 is 29.0 Å². The molecular formula is C33H34N8O6. The summed E-state index contributed by atoms with van der Waals surface area (Å²) in [6.07, 6.45) is 5.30. The first kappa shape index (κ1) is 31.2. The van der Waals surface area contributed by atoms with Crippen LogP contribution in [0.25, 0.3) is 17.1 Å². The number of anilines is 1. The number of ether oxygens (including phenoxy) is 5. The maximum Gasteiger partial charge on any atom is 0.418 e. The Labute approximate surface area is 271 Å². The summed E-state index contributed by atoms with van der Waals surface area (Å²) in [5, 5.41) is 15.8. The number of methoxy groups -OCH3 is 4. The summed E-state index contributed by atoms with van der Waals surface area (Å²) in [6.45, 7) is 2.77. The van der Waals surface area contributed by atoms with E-state index in [0.29, 0.717) is 22.7 Å². The van der Waals surface area contributed by atoms with Crippen LogP contribution in [-0.2, 0) is 19.4 Å². The average Bonchev–Trinajstić information content (AvgIpc) is 3.60. The molecule has 5 aromatic rings. The van der Waals surface area contributed by atoms with E-state index in [1.807, 2.05) is 12.1 Å². The second-order valence-electron chi connectivity index (χ2n) is 10.6. The molecule has 6 rings (SSSR count). The average molecular weight is 639 g/mol. The van der Waals surface area contributed by atoms with Crippen LogP contribution in [-0.4, -0.2) is 82.7 Å². The molecule has 14 heteroatoms. The number of tetrazole rings is 1. The van der Waals surface area contributed by atoms with Gasteiger partial charge in [0.2, 0.25) is 11.7 Å². The summed E-state index contributed by atoms with van der Waals surface area (Å²) < 4.78 is 27.1. The van der Waals surface area contributed by atoms with Crippen LogP contribution in [0.2, 0.25) is 0 Å². The van der Waals surface area contributed by atoms with Crippen molar-refractivity contribution in [3.8, 4) is 46.0 Å². The van der Waals surface area contributed by atoms with E-state index in [0.717, 1.165) is 49.7 Å². The van der Waals surface area contributed by atoms with Gasteiger partial charge < -0.3 is 23.7 Å². The zero-order chi connectivity index (χ0) is 32.8. The van der Waals surface area contributed by atoms with Crippen LogP contribution in [0.4, 0.5) is 10.5 Å². The van der Waals surface area contributed by atoms with Crippen LogP contribution in [0, 0.1) is 0 Å². The van der Waals surface area contributed by atoms with Crippen molar-refractivity contribution < 1.29 is 28.5 Å². The lowest BCUT2D eigenvalue weighted by molar-refractivity contribution is 0.213. The summed E-state index contributed by atoms with van der Waals surface area (Å²) in [7, 11) is 6.34. The van der Waals surface area contributed by atoms with Crippen molar-refractivity contribution in [3.05, 3.63) is 83.8 Å². The first-order chi connectivity index (χ1) is 23.0. The van der Waals surface area contributed by atoms with Gasteiger partial charge in [0.05, 0.1) is 51.6 Å². The Morgan fingerprint density at radius 1 is 0.872 bits per heavy atom. The smallest absolute Gasteiger partial charge is 0.418 e. The molecule has 1 aliphatic rings. The molecule has 0 saturated heterocycles. The molecule has 1 N–H and O–H groups in total. The Morgan fingerprint density at radius 3 is 2.28 bits per heavy atom. The molecule has 0 saturated carbocycles. The van der Waals surface area contributed by atoms with E-state index in [4.69, 9.17) is 23.7 Å². The molecule has 242 valence electrons. The molecule has 3 aromatic carbocycles. The van der Waals surface area contributed by atoms with Gasteiger partial charge in [0, 0.05) is 38.1 Å². The fourth-order valence-electron chi connectivity index (χ4n) is 5.38. The molecule has 0 aliphatic carbocycles. The van der Waals surface area contributed by atoms with E-state index in [2.05, 4.69) is 59.9 Å². The normalized spacial score (nSPS) is 12.6. The molecule has 0 bridgehead atoms. The fourth-order valence-corrected chi connectivity index (χ4v) is 5.38. The maximum atomic E-state index is 12.7. The van der Waals surface area contributed by atoms with E-state index < -0.39 is 6.09 Å². The predicted molar refractivity (Wildman–Crippen MR) is 172 cm³/mol. The van der Waals surface area contributed by atoms with E-state index >= 15 is 0 Å². The molecule has 0 unspecified atom stereocenters. The molecular weight excluding hydrogens is 604 g/mol. The quantitative estimate of drug-likeness (QED) is 0.219. The second-order valence-corrected chi connectivity index (χ2v) is 10.6. The Morgan fingerprint density at radius 2 is 1.57 bits per heavy atom. The third kappa shape index (κ3) is 7.07. The Bertz CT molecular complexity index is 1850. The lowest BCUT2D eigenvalue weighted by atomic mass is 9.98. The van der Waals surface area contributed by atoms with Gasteiger partial charge in [-0.05, 0) is 65.1 Å². The molecule has 0 radical (unpaired) electrons. The van der Waals surface area contributed by atoms with Crippen LogP contribution in [0.3, 0.4) is 0 Å². The summed E-state index contributed by atoms with van der Waals surface area (Å²) in [5.41, 5.74) is 5.27. The number of carbonyl (C=O) groups excluding carboxylic acids is 1.